The lowest BCUT2D eigenvalue weighted by Gasteiger charge is -2.29. The van der Waals surface area contributed by atoms with Gasteiger partial charge >= 0.3 is 0 Å². The number of carbonyl (C=O) groups is 2. The summed E-state index contributed by atoms with van der Waals surface area (Å²) in [5.74, 6) is 0.0957. The topological polar surface area (TPSA) is 61.9 Å². The van der Waals surface area contributed by atoms with Crippen LogP contribution in [0.2, 0.25) is 0 Å². The molecule has 1 saturated carbocycles. The van der Waals surface area contributed by atoms with Crippen LogP contribution >= 0.6 is 0 Å². The highest BCUT2D eigenvalue weighted by molar-refractivity contribution is 5.93. The van der Waals surface area contributed by atoms with Gasteiger partial charge in [0, 0.05) is 51.6 Å². The summed E-state index contributed by atoms with van der Waals surface area (Å²) in [7, 11) is 5.65. The Hall–Kier alpha value is -2.86. The predicted octanol–water partition coefficient (Wildman–Crippen LogP) is 5.05. The zero-order valence-electron chi connectivity index (χ0n) is 21.0. The number of carbonyl (C=O) groups excluding carboxylic acids is 2. The van der Waals surface area contributed by atoms with Crippen LogP contribution in [-0.2, 0) is 20.9 Å². The Bertz CT molecular complexity index is 939. The summed E-state index contributed by atoms with van der Waals surface area (Å²) in [4.78, 5) is 30.3. The molecule has 0 aromatic heterocycles. The van der Waals surface area contributed by atoms with E-state index in [2.05, 4.69) is 12.2 Å². The molecule has 0 aliphatic heterocycles. The first-order valence-electron chi connectivity index (χ1n) is 12.4. The summed E-state index contributed by atoms with van der Waals surface area (Å²) in [5.41, 5.74) is 3.85. The molecule has 1 fully saturated rings. The van der Waals surface area contributed by atoms with Gasteiger partial charge in [-0.2, -0.15) is 0 Å². The largest absolute Gasteiger partial charge is 0.383 e. The Labute approximate surface area is 204 Å². The van der Waals surface area contributed by atoms with Gasteiger partial charge in [-0.3, -0.25) is 9.59 Å². The summed E-state index contributed by atoms with van der Waals surface area (Å²) >= 11 is 0. The van der Waals surface area contributed by atoms with Crippen molar-refractivity contribution < 1.29 is 14.3 Å². The van der Waals surface area contributed by atoms with Gasteiger partial charge in [-0.05, 0) is 48.6 Å². The molecule has 2 amide bonds. The minimum atomic E-state index is -0.203. The molecule has 1 aliphatic carbocycles. The van der Waals surface area contributed by atoms with E-state index in [1.807, 2.05) is 72.4 Å². The van der Waals surface area contributed by atoms with Crippen LogP contribution in [-0.4, -0.2) is 51.1 Å². The quantitative estimate of drug-likeness (QED) is 0.504. The maximum Gasteiger partial charge on any atom is 0.230 e. The predicted molar refractivity (Wildman–Crippen MR) is 138 cm³/mol. The van der Waals surface area contributed by atoms with Crippen molar-refractivity contribution in [1.29, 1.82) is 0 Å². The van der Waals surface area contributed by atoms with Crippen molar-refractivity contribution in [2.75, 3.05) is 44.6 Å². The highest BCUT2D eigenvalue weighted by atomic mass is 16.5. The van der Waals surface area contributed by atoms with Crippen molar-refractivity contribution in [3.8, 4) is 0 Å². The van der Waals surface area contributed by atoms with E-state index in [-0.39, 0.29) is 23.7 Å². The molecule has 0 spiro atoms. The van der Waals surface area contributed by atoms with Gasteiger partial charge in [0.1, 0.15) is 0 Å². The Morgan fingerprint density at radius 1 is 1.09 bits per heavy atom. The van der Waals surface area contributed by atoms with Crippen LogP contribution in [0.1, 0.15) is 56.1 Å². The van der Waals surface area contributed by atoms with E-state index in [9.17, 15) is 9.59 Å². The molecule has 0 heterocycles. The number of anilines is 2. The molecule has 1 aliphatic rings. The summed E-state index contributed by atoms with van der Waals surface area (Å²) < 4.78 is 5.33. The number of rotatable bonds is 11. The molecule has 0 radical (unpaired) electrons. The van der Waals surface area contributed by atoms with E-state index in [0.717, 1.165) is 54.6 Å². The molecular formula is C28H39N3O3. The molecule has 3 rings (SSSR count). The summed E-state index contributed by atoms with van der Waals surface area (Å²) in [5, 5.41) is 3.11. The minimum absolute atomic E-state index is 0.0934. The molecule has 34 heavy (non-hydrogen) atoms. The van der Waals surface area contributed by atoms with Crippen LogP contribution in [0.25, 0.3) is 0 Å². The zero-order valence-corrected chi connectivity index (χ0v) is 21.0. The van der Waals surface area contributed by atoms with E-state index in [4.69, 9.17) is 4.74 Å². The van der Waals surface area contributed by atoms with Crippen molar-refractivity contribution in [3.05, 3.63) is 59.7 Å². The third-order valence-corrected chi connectivity index (χ3v) is 6.70. The second-order valence-corrected chi connectivity index (χ2v) is 9.33. The Kier molecular flexibility index (Phi) is 9.52. The second kappa shape index (κ2) is 12.6. The first-order valence-corrected chi connectivity index (χ1v) is 12.4. The smallest absolute Gasteiger partial charge is 0.230 e. The summed E-state index contributed by atoms with van der Waals surface area (Å²) in [6.07, 6.45) is 4.90. The number of benzene rings is 2. The van der Waals surface area contributed by atoms with Gasteiger partial charge in [0.05, 0.1) is 12.5 Å². The van der Waals surface area contributed by atoms with E-state index in [1.54, 1.807) is 7.11 Å². The van der Waals surface area contributed by atoms with Crippen molar-refractivity contribution in [1.82, 2.24) is 4.90 Å². The summed E-state index contributed by atoms with van der Waals surface area (Å²) in [6.45, 7) is 3.47. The van der Waals surface area contributed by atoms with Crippen LogP contribution in [0.5, 0.6) is 0 Å². The van der Waals surface area contributed by atoms with Gasteiger partial charge in [-0.15, -0.1) is 0 Å². The van der Waals surface area contributed by atoms with Crippen molar-refractivity contribution in [2.24, 2.45) is 5.92 Å². The monoisotopic (exact) mass is 465 g/mol. The van der Waals surface area contributed by atoms with Gasteiger partial charge in [0.15, 0.2) is 0 Å². The number of amides is 2. The normalized spacial score (nSPS) is 14.6. The molecule has 1 N–H and O–H groups in total. The number of nitrogens with one attached hydrogen (secondary N) is 1. The van der Waals surface area contributed by atoms with E-state index in [1.165, 1.54) is 0 Å². The van der Waals surface area contributed by atoms with Gasteiger partial charge in [0.2, 0.25) is 11.8 Å². The molecule has 0 saturated heterocycles. The molecule has 6 heteroatoms. The lowest BCUT2D eigenvalue weighted by Crippen LogP contribution is -2.37. The van der Waals surface area contributed by atoms with Crippen molar-refractivity contribution >= 4 is 23.2 Å². The van der Waals surface area contributed by atoms with E-state index < -0.39 is 0 Å². The zero-order chi connectivity index (χ0) is 24.5. The molecule has 6 nitrogen and oxygen atoms in total. The molecule has 2 aromatic rings. The van der Waals surface area contributed by atoms with Crippen molar-refractivity contribution in [3.63, 3.8) is 0 Å². The average Bonchev–Trinajstić information content (AvgIpc) is 3.38. The van der Waals surface area contributed by atoms with Crippen LogP contribution < -0.4 is 10.2 Å². The highest BCUT2D eigenvalue weighted by Crippen LogP contribution is 2.29. The number of hydrogen-bond donors (Lipinski definition) is 1. The van der Waals surface area contributed by atoms with Crippen molar-refractivity contribution in [2.45, 2.75) is 51.5 Å². The standard InChI is InChI=1S/C28H39N3O3/c1-5-25(21-11-7-6-8-12-21)28(33)31(17-18-34-4)20-23-19-24(15-16-26(23)30(2)3)29-27(32)22-13-9-10-14-22/h6-8,11-12,15-16,19,22,25H,5,9-10,13-14,17-18,20H2,1-4H3,(H,29,32)/t25-/m1/s1. The third kappa shape index (κ3) is 6.60. The van der Waals surface area contributed by atoms with Crippen LogP contribution in [0.4, 0.5) is 11.4 Å². The van der Waals surface area contributed by atoms with Gasteiger partial charge in [-0.25, -0.2) is 0 Å². The van der Waals surface area contributed by atoms with Crippen LogP contribution in [0, 0.1) is 5.92 Å². The van der Waals surface area contributed by atoms with E-state index in [0.29, 0.717) is 19.7 Å². The first-order chi connectivity index (χ1) is 16.4. The second-order valence-electron chi connectivity index (χ2n) is 9.33. The van der Waals surface area contributed by atoms with Gasteiger partial charge in [-0.1, -0.05) is 50.1 Å². The Morgan fingerprint density at radius 3 is 2.41 bits per heavy atom. The fourth-order valence-corrected chi connectivity index (χ4v) is 4.79. The molecule has 0 unspecified atom stereocenters. The van der Waals surface area contributed by atoms with E-state index >= 15 is 0 Å². The minimum Gasteiger partial charge on any atom is -0.383 e. The molecule has 2 aromatic carbocycles. The number of hydrogen-bond acceptors (Lipinski definition) is 4. The number of methoxy groups -OCH3 is 1. The van der Waals surface area contributed by atoms with Crippen LogP contribution in [0.15, 0.2) is 48.5 Å². The Balaban J connectivity index is 1.86. The highest BCUT2D eigenvalue weighted by Gasteiger charge is 2.26. The average molecular weight is 466 g/mol. The first kappa shape index (κ1) is 25.8. The fourth-order valence-electron chi connectivity index (χ4n) is 4.79. The SMILES string of the molecule is CC[C@@H](C(=O)N(CCOC)Cc1cc(NC(=O)C2CCCC2)ccc1N(C)C)c1ccccc1. The third-order valence-electron chi connectivity index (χ3n) is 6.70. The maximum absolute atomic E-state index is 13.7. The van der Waals surface area contributed by atoms with Gasteiger partial charge in [0.25, 0.3) is 0 Å². The molecule has 184 valence electrons. The number of ether oxygens (including phenoxy) is 1. The Morgan fingerprint density at radius 2 is 1.79 bits per heavy atom. The lowest BCUT2D eigenvalue weighted by molar-refractivity contribution is -0.134. The van der Waals surface area contributed by atoms with Crippen LogP contribution in [0.3, 0.4) is 0 Å². The molecule has 1 atom stereocenters. The van der Waals surface area contributed by atoms with Gasteiger partial charge < -0.3 is 19.9 Å². The summed E-state index contributed by atoms with van der Waals surface area (Å²) in [6, 6.07) is 15.9. The maximum atomic E-state index is 13.7. The molecular weight excluding hydrogens is 426 g/mol. The molecule has 0 bridgehead atoms. The fraction of sp³-hybridized carbons (Fsp3) is 0.500. The number of nitrogens with zero attached hydrogens (tertiary/aromatic N) is 2. The lowest BCUT2D eigenvalue weighted by atomic mass is 9.94.